The van der Waals surface area contributed by atoms with E-state index in [4.69, 9.17) is 14.4 Å². The summed E-state index contributed by atoms with van der Waals surface area (Å²) in [5, 5.41) is 6.96. The zero-order chi connectivity index (χ0) is 33.7. The first-order valence-electron chi connectivity index (χ1n) is 17.2. The summed E-state index contributed by atoms with van der Waals surface area (Å²) in [4.78, 5) is 10.5. The van der Waals surface area contributed by atoms with Gasteiger partial charge in [0.1, 0.15) is 11.2 Å². The fourth-order valence-electron chi connectivity index (χ4n) is 7.44. The minimum Gasteiger partial charge on any atom is -0.455 e. The largest absolute Gasteiger partial charge is 0.455 e. The Morgan fingerprint density at radius 2 is 0.863 bits per heavy atom. The Labute approximate surface area is 295 Å². The molecule has 0 saturated carbocycles. The molecule has 8 aromatic carbocycles. The van der Waals surface area contributed by atoms with Crippen LogP contribution in [0.25, 0.3) is 99.6 Å². The third-order valence-electron chi connectivity index (χ3n) is 9.87. The number of aromatic nitrogens is 2. The Morgan fingerprint density at radius 3 is 1.65 bits per heavy atom. The molecule has 3 nitrogen and oxygen atoms in total. The first-order chi connectivity index (χ1) is 25.3. The highest BCUT2D eigenvalue weighted by molar-refractivity contribution is 6.10. The summed E-state index contributed by atoms with van der Waals surface area (Å²) in [6, 6.07) is 63.9. The van der Waals surface area contributed by atoms with Crippen LogP contribution in [-0.4, -0.2) is 9.97 Å². The Balaban J connectivity index is 1.26. The fourth-order valence-corrected chi connectivity index (χ4v) is 7.44. The number of rotatable bonds is 5. The molecule has 2 heterocycles. The van der Waals surface area contributed by atoms with E-state index in [-0.39, 0.29) is 0 Å². The van der Waals surface area contributed by atoms with Crippen LogP contribution >= 0.6 is 0 Å². The molecule has 0 saturated heterocycles. The Kier molecular flexibility index (Phi) is 6.81. The van der Waals surface area contributed by atoms with Gasteiger partial charge >= 0.3 is 0 Å². The van der Waals surface area contributed by atoms with Gasteiger partial charge in [0.2, 0.25) is 0 Å². The maximum absolute atomic E-state index is 6.57. The molecule has 0 amide bonds. The highest BCUT2D eigenvalue weighted by atomic mass is 16.3. The Morgan fingerprint density at radius 1 is 0.333 bits per heavy atom. The number of fused-ring (bicyclic) bond motifs is 5. The van der Waals surface area contributed by atoms with Crippen molar-refractivity contribution in [2.45, 2.75) is 0 Å². The quantitative estimate of drug-likeness (QED) is 0.186. The van der Waals surface area contributed by atoms with Crippen LogP contribution in [0.4, 0.5) is 0 Å². The normalized spacial score (nSPS) is 11.5. The van der Waals surface area contributed by atoms with Crippen LogP contribution in [0.1, 0.15) is 0 Å². The first-order valence-corrected chi connectivity index (χ1v) is 17.2. The molecule has 0 aliphatic heterocycles. The number of nitrogens with zero attached hydrogens (tertiary/aromatic N) is 2. The summed E-state index contributed by atoms with van der Waals surface area (Å²) in [6.07, 6.45) is 0. The molecule has 0 fully saturated rings. The average Bonchev–Trinajstić information content (AvgIpc) is 3.59. The van der Waals surface area contributed by atoms with Crippen LogP contribution in [0.5, 0.6) is 0 Å². The summed E-state index contributed by atoms with van der Waals surface area (Å²) < 4.78 is 6.57. The van der Waals surface area contributed by atoms with Gasteiger partial charge in [0.25, 0.3) is 0 Å². The molecule has 238 valence electrons. The van der Waals surface area contributed by atoms with Gasteiger partial charge in [0, 0.05) is 33.0 Å². The molecular weight excluding hydrogens is 621 g/mol. The average molecular weight is 651 g/mol. The number of furan rings is 1. The van der Waals surface area contributed by atoms with Gasteiger partial charge in [-0.1, -0.05) is 152 Å². The van der Waals surface area contributed by atoms with Crippen LogP contribution in [0, 0.1) is 0 Å². The lowest BCUT2D eigenvalue weighted by atomic mass is 9.91. The molecular formula is C48H30N2O. The molecule has 2 aromatic heterocycles. The number of para-hydroxylation sites is 2. The Hall–Kier alpha value is -6.84. The highest BCUT2D eigenvalue weighted by Crippen LogP contribution is 2.41. The number of benzene rings is 8. The second kappa shape index (κ2) is 11.9. The maximum Gasteiger partial charge on any atom is 0.160 e. The van der Waals surface area contributed by atoms with Crippen LogP contribution in [0.15, 0.2) is 186 Å². The van der Waals surface area contributed by atoms with Crippen molar-refractivity contribution in [1.29, 1.82) is 0 Å². The molecule has 0 aliphatic rings. The second-order valence-corrected chi connectivity index (χ2v) is 13.0. The molecule has 51 heavy (non-hydrogen) atoms. The summed E-state index contributed by atoms with van der Waals surface area (Å²) >= 11 is 0. The van der Waals surface area contributed by atoms with Gasteiger partial charge < -0.3 is 4.42 Å². The molecule has 0 bridgehead atoms. The highest BCUT2D eigenvalue weighted by Gasteiger charge is 2.18. The molecule has 0 aliphatic carbocycles. The molecule has 3 heteroatoms. The van der Waals surface area contributed by atoms with Crippen molar-refractivity contribution in [2.75, 3.05) is 0 Å². The predicted octanol–water partition coefficient (Wildman–Crippen LogP) is 13.0. The van der Waals surface area contributed by atoms with E-state index in [1.54, 1.807) is 0 Å². The van der Waals surface area contributed by atoms with Crippen molar-refractivity contribution < 1.29 is 4.42 Å². The molecule has 0 spiro atoms. The van der Waals surface area contributed by atoms with E-state index in [1.807, 2.05) is 30.3 Å². The topological polar surface area (TPSA) is 38.9 Å². The second-order valence-electron chi connectivity index (χ2n) is 13.0. The third kappa shape index (κ3) is 5.06. The summed E-state index contributed by atoms with van der Waals surface area (Å²) in [5.74, 6) is 0.688. The summed E-state index contributed by atoms with van der Waals surface area (Å²) in [6.45, 7) is 0. The molecule has 0 radical (unpaired) electrons. The SMILES string of the molecule is c1ccc(-c2nc(-c3cc(-c4cccc5ccccc45)cc(-c4cccc5c4oc4ccccc45)c3)cc(-c3cccc4ccccc34)n2)cc1. The van der Waals surface area contributed by atoms with E-state index in [0.29, 0.717) is 5.82 Å². The zero-order valence-electron chi connectivity index (χ0n) is 27.6. The van der Waals surface area contributed by atoms with Crippen molar-refractivity contribution in [2.24, 2.45) is 0 Å². The van der Waals surface area contributed by atoms with E-state index < -0.39 is 0 Å². The first kappa shape index (κ1) is 29.1. The minimum atomic E-state index is 0.688. The van der Waals surface area contributed by atoms with E-state index in [2.05, 4.69) is 152 Å². The van der Waals surface area contributed by atoms with Crippen molar-refractivity contribution in [3.8, 4) is 56.2 Å². The van der Waals surface area contributed by atoms with Crippen LogP contribution in [-0.2, 0) is 0 Å². The molecule has 10 rings (SSSR count). The molecule has 0 unspecified atom stereocenters. The van der Waals surface area contributed by atoms with E-state index in [1.165, 1.54) is 21.7 Å². The lowest BCUT2D eigenvalue weighted by Crippen LogP contribution is -1.97. The van der Waals surface area contributed by atoms with Gasteiger partial charge in [0.05, 0.1) is 11.4 Å². The molecule has 10 aromatic rings. The standard InChI is InChI=1S/C48H30N2O/c1-2-15-33(16-3-1)48-49-44(30-45(50-48)41-24-11-18-32-14-5-7-20-38(32)41)36-28-34(39-22-10-17-31-13-4-6-19-37(31)39)27-35(29-36)40-23-12-25-43-42-21-8-9-26-46(42)51-47(40)43/h1-30H. The molecule has 0 atom stereocenters. The van der Waals surface area contributed by atoms with Crippen molar-refractivity contribution in [1.82, 2.24) is 9.97 Å². The maximum atomic E-state index is 6.57. The van der Waals surface area contributed by atoms with E-state index in [0.717, 1.165) is 72.1 Å². The van der Waals surface area contributed by atoms with Crippen molar-refractivity contribution >= 4 is 43.5 Å². The summed E-state index contributed by atoms with van der Waals surface area (Å²) in [7, 11) is 0. The minimum absolute atomic E-state index is 0.688. The van der Waals surface area contributed by atoms with Gasteiger partial charge in [-0.3, -0.25) is 0 Å². The zero-order valence-corrected chi connectivity index (χ0v) is 27.6. The van der Waals surface area contributed by atoms with Gasteiger partial charge in [0.15, 0.2) is 5.82 Å². The van der Waals surface area contributed by atoms with E-state index in [9.17, 15) is 0 Å². The van der Waals surface area contributed by atoms with Gasteiger partial charge in [-0.05, 0) is 68.6 Å². The van der Waals surface area contributed by atoms with Crippen molar-refractivity contribution in [3.05, 3.63) is 182 Å². The van der Waals surface area contributed by atoms with Crippen LogP contribution < -0.4 is 0 Å². The smallest absolute Gasteiger partial charge is 0.160 e. The molecule has 0 N–H and O–H groups in total. The summed E-state index contributed by atoms with van der Waals surface area (Å²) in [5.41, 5.74) is 10.9. The van der Waals surface area contributed by atoms with Crippen LogP contribution in [0.2, 0.25) is 0 Å². The van der Waals surface area contributed by atoms with E-state index >= 15 is 0 Å². The van der Waals surface area contributed by atoms with Gasteiger partial charge in [-0.25, -0.2) is 9.97 Å². The number of hydrogen-bond donors (Lipinski definition) is 0. The number of hydrogen-bond acceptors (Lipinski definition) is 3. The monoisotopic (exact) mass is 650 g/mol. The third-order valence-corrected chi connectivity index (χ3v) is 9.87. The van der Waals surface area contributed by atoms with Crippen LogP contribution in [0.3, 0.4) is 0 Å². The van der Waals surface area contributed by atoms with Crippen molar-refractivity contribution in [3.63, 3.8) is 0 Å². The lowest BCUT2D eigenvalue weighted by molar-refractivity contribution is 0.670. The van der Waals surface area contributed by atoms with Gasteiger partial charge in [-0.15, -0.1) is 0 Å². The Bertz CT molecular complexity index is 2910. The van der Waals surface area contributed by atoms with Gasteiger partial charge in [-0.2, -0.15) is 0 Å². The predicted molar refractivity (Wildman–Crippen MR) is 212 cm³/mol. The fraction of sp³-hybridized carbons (Fsp3) is 0. The lowest BCUT2D eigenvalue weighted by Gasteiger charge is -2.15.